The van der Waals surface area contributed by atoms with Crippen LogP contribution in [0.15, 0.2) is 23.0 Å². The summed E-state index contributed by atoms with van der Waals surface area (Å²) in [5.41, 5.74) is 5.64. The van der Waals surface area contributed by atoms with Crippen molar-refractivity contribution in [3.63, 3.8) is 0 Å². The van der Waals surface area contributed by atoms with Crippen molar-refractivity contribution in [2.75, 3.05) is 44.3 Å². The fourth-order valence-corrected chi connectivity index (χ4v) is 6.45. The number of carbonyl (C=O) groups excluding carboxylic acids is 1. The number of aryl methyl sites for hydroxylation is 1. The SMILES string of the molecule is CCN(c1cc(C#CCN2CC(C)NC(C)C2)cc(C(=O)NCc2c(C(C)C)cc(C)[nH]c2=O)c1C)C1CCOCC1. The molecule has 8 nitrogen and oxygen atoms in total. The van der Waals surface area contributed by atoms with Gasteiger partial charge in [-0.25, -0.2) is 0 Å². The molecule has 2 aromatic rings. The molecule has 42 heavy (non-hydrogen) atoms. The van der Waals surface area contributed by atoms with Crippen molar-refractivity contribution in [2.24, 2.45) is 0 Å². The summed E-state index contributed by atoms with van der Waals surface area (Å²) in [6.45, 7) is 19.7. The van der Waals surface area contributed by atoms with Crippen molar-refractivity contribution in [1.82, 2.24) is 20.5 Å². The highest BCUT2D eigenvalue weighted by molar-refractivity contribution is 5.97. The van der Waals surface area contributed by atoms with Crippen LogP contribution in [0.25, 0.3) is 0 Å². The maximum atomic E-state index is 13.8. The zero-order chi connectivity index (χ0) is 30.4. The fourth-order valence-electron chi connectivity index (χ4n) is 6.45. The Bertz CT molecular complexity index is 1360. The zero-order valence-corrected chi connectivity index (χ0v) is 26.5. The van der Waals surface area contributed by atoms with E-state index in [1.807, 2.05) is 26.0 Å². The minimum atomic E-state index is -0.195. The molecule has 2 fully saturated rings. The van der Waals surface area contributed by atoms with Gasteiger partial charge in [-0.05, 0) is 82.7 Å². The molecule has 0 saturated carbocycles. The van der Waals surface area contributed by atoms with Gasteiger partial charge in [-0.15, -0.1) is 0 Å². The molecule has 1 aromatic carbocycles. The Balaban J connectivity index is 1.65. The highest BCUT2D eigenvalue weighted by Crippen LogP contribution is 2.30. The summed E-state index contributed by atoms with van der Waals surface area (Å²) in [4.78, 5) is 34.3. The summed E-state index contributed by atoms with van der Waals surface area (Å²) < 4.78 is 5.64. The first-order valence-electron chi connectivity index (χ1n) is 15.5. The summed E-state index contributed by atoms with van der Waals surface area (Å²) in [7, 11) is 0. The molecule has 2 aliphatic rings. The summed E-state index contributed by atoms with van der Waals surface area (Å²) in [6.07, 6.45) is 1.91. The van der Waals surface area contributed by atoms with Crippen LogP contribution < -0.4 is 21.1 Å². The largest absolute Gasteiger partial charge is 0.381 e. The van der Waals surface area contributed by atoms with Gasteiger partial charge in [0, 0.05) is 85.6 Å². The van der Waals surface area contributed by atoms with Gasteiger partial charge in [0.05, 0.1) is 6.54 Å². The van der Waals surface area contributed by atoms with Crippen LogP contribution in [0.3, 0.4) is 0 Å². The van der Waals surface area contributed by atoms with E-state index in [1.54, 1.807) is 0 Å². The number of pyridine rings is 1. The van der Waals surface area contributed by atoms with Gasteiger partial charge >= 0.3 is 0 Å². The van der Waals surface area contributed by atoms with Crippen molar-refractivity contribution < 1.29 is 9.53 Å². The summed E-state index contributed by atoms with van der Waals surface area (Å²) >= 11 is 0. The Morgan fingerprint density at radius 1 is 1.14 bits per heavy atom. The summed E-state index contributed by atoms with van der Waals surface area (Å²) in [5, 5.41) is 6.63. The number of piperazine rings is 1. The van der Waals surface area contributed by atoms with Gasteiger partial charge in [-0.1, -0.05) is 25.7 Å². The molecule has 1 amide bonds. The van der Waals surface area contributed by atoms with Crippen LogP contribution in [0.4, 0.5) is 5.69 Å². The van der Waals surface area contributed by atoms with E-state index in [2.05, 4.69) is 77.9 Å². The average Bonchev–Trinajstić information content (AvgIpc) is 2.94. The van der Waals surface area contributed by atoms with Gasteiger partial charge in [-0.2, -0.15) is 0 Å². The molecule has 8 heteroatoms. The molecule has 2 atom stereocenters. The second kappa shape index (κ2) is 14.4. The number of nitrogens with one attached hydrogen (secondary N) is 3. The first-order chi connectivity index (χ1) is 20.1. The van der Waals surface area contributed by atoms with Gasteiger partial charge in [0.2, 0.25) is 0 Å². The molecule has 4 rings (SSSR count). The van der Waals surface area contributed by atoms with Crippen molar-refractivity contribution in [1.29, 1.82) is 0 Å². The molecule has 2 aliphatic heterocycles. The van der Waals surface area contributed by atoms with E-state index in [1.165, 1.54) is 0 Å². The molecule has 228 valence electrons. The van der Waals surface area contributed by atoms with Gasteiger partial charge in [0.1, 0.15) is 0 Å². The van der Waals surface area contributed by atoms with E-state index in [4.69, 9.17) is 4.74 Å². The predicted molar refractivity (Wildman–Crippen MR) is 170 cm³/mol. The number of H-pyrrole nitrogens is 1. The molecule has 0 bridgehead atoms. The highest BCUT2D eigenvalue weighted by atomic mass is 16.5. The van der Waals surface area contributed by atoms with Crippen LogP contribution in [-0.2, 0) is 11.3 Å². The fraction of sp³-hybridized carbons (Fsp3) is 0.588. The van der Waals surface area contributed by atoms with Crippen molar-refractivity contribution in [2.45, 2.75) is 91.9 Å². The van der Waals surface area contributed by atoms with Crippen LogP contribution in [-0.4, -0.2) is 73.3 Å². The van der Waals surface area contributed by atoms with Gasteiger partial charge < -0.3 is 25.3 Å². The third-order valence-corrected chi connectivity index (χ3v) is 8.43. The number of anilines is 1. The maximum absolute atomic E-state index is 13.8. The molecular weight excluding hydrogens is 526 g/mol. The van der Waals surface area contributed by atoms with E-state index in [9.17, 15) is 9.59 Å². The zero-order valence-electron chi connectivity index (χ0n) is 26.5. The number of aromatic nitrogens is 1. The second-order valence-electron chi connectivity index (χ2n) is 12.3. The highest BCUT2D eigenvalue weighted by Gasteiger charge is 2.25. The number of hydrogen-bond acceptors (Lipinski definition) is 6. The van der Waals surface area contributed by atoms with E-state index in [0.29, 0.717) is 35.8 Å². The predicted octanol–water partition coefficient (Wildman–Crippen LogP) is 4.08. The van der Waals surface area contributed by atoms with E-state index in [0.717, 1.165) is 73.8 Å². The van der Waals surface area contributed by atoms with E-state index >= 15 is 0 Å². The molecule has 2 unspecified atom stereocenters. The monoisotopic (exact) mass is 575 g/mol. The first kappa shape index (κ1) is 31.8. The van der Waals surface area contributed by atoms with Crippen molar-refractivity contribution >= 4 is 11.6 Å². The topological polar surface area (TPSA) is 89.7 Å². The van der Waals surface area contributed by atoms with Crippen molar-refractivity contribution in [3.05, 3.63) is 62.1 Å². The molecular formula is C34H49N5O3. The van der Waals surface area contributed by atoms with E-state index < -0.39 is 0 Å². The minimum Gasteiger partial charge on any atom is -0.381 e. The second-order valence-corrected chi connectivity index (χ2v) is 12.3. The lowest BCUT2D eigenvalue weighted by Gasteiger charge is -2.36. The Morgan fingerprint density at radius 3 is 2.48 bits per heavy atom. The lowest BCUT2D eigenvalue weighted by molar-refractivity contribution is 0.0845. The third-order valence-electron chi connectivity index (χ3n) is 8.43. The number of rotatable bonds is 8. The Hall–Kier alpha value is -3.12. The number of benzene rings is 1. The molecule has 3 heterocycles. The Kier molecular flexibility index (Phi) is 10.9. The molecule has 0 radical (unpaired) electrons. The number of amides is 1. The molecule has 2 saturated heterocycles. The number of carbonyl (C=O) groups is 1. The lowest BCUT2D eigenvalue weighted by Crippen LogP contribution is -2.54. The normalized spacial score (nSPS) is 19.8. The first-order valence-corrected chi connectivity index (χ1v) is 15.5. The summed E-state index contributed by atoms with van der Waals surface area (Å²) in [6, 6.07) is 7.27. The van der Waals surface area contributed by atoms with Crippen LogP contribution >= 0.6 is 0 Å². The van der Waals surface area contributed by atoms with Crippen LogP contribution in [0.2, 0.25) is 0 Å². The van der Waals surface area contributed by atoms with Crippen LogP contribution in [0.5, 0.6) is 0 Å². The Labute approximate surface area is 251 Å². The van der Waals surface area contributed by atoms with Gasteiger partial charge in [0.25, 0.3) is 11.5 Å². The van der Waals surface area contributed by atoms with E-state index in [-0.39, 0.29) is 23.9 Å². The standard InChI is InChI=1S/C34H49N5O3/c1-8-39(28-11-14-42-15-12-28)32-18-27(10-9-13-38-20-24(5)36-25(6)21-38)17-30(26(32)7)33(40)35-19-31-29(22(2)3)16-23(4)37-34(31)41/h16-18,22,24-25,28,36H,8,11-15,19-21H2,1-7H3,(H,35,40)(H,37,41). The van der Waals surface area contributed by atoms with Gasteiger partial charge in [-0.3, -0.25) is 14.5 Å². The average molecular weight is 576 g/mol. The quantitative estimate of drug-likeness (QED) is 0.411. The minimum absolute atomic E-state index is 0.149. The third kappa shape index (κ3) is 7.83. The summed E-state index contributed by atoms with van der Waals surface area (Å²) in [5.74, 6) is 6.74. The number of hydrogen-bond donors (Lipinski definition) is 3. The molecule has 0 spiro atoms. The lowest BCUT2D eigenvalue weighted by atomic mass is 9.97. The molecule has 0 aliphatic carbocycles. The number of ether oxygens (including phenoxy) is 1. The molecule has 1 aromatic heterocycles. The van der Waals surface area contributed by atoms with Crippen LogP contribution in [0.1, 0.15) is 91.7 Å². The van der Waals surface area contributed by atoms with Crippen molar-refractivity contribution in [3.8, 4) is 11.8 Å². The molecule has 3 N–H and O–H groups in total. The number of aromatic amines is 1. The van der Waals surface area contributed by atoms with Gasteiger partial charge in [0.15, 0.2) is 0 Å². The number of nitrogens with zero attached hydrogens (tertiary/aromatic N) is 2. The maximum Gasteiger partial charge on any atom is 0.253 e. The van der Waals surface area contributed by atoms with Crippen LogP contribution in [0, 0.1) is 25.7 Å². The smallest absolute Gasteiger partial charge is 0.253 e. The Morgan fingerprint density at radius 2 is 1.83 bits per heavy atom.